The minimum Gasteiger partial charge on any atom is -0.310 e. The molecule has 2 heterocycles. The molecule has 0 bridgehead atoms. The van der Waals surface area contributed by atoms with Crippen molar-refractivity contribution < 1.29 is 0 Å². The van der Waals surface area contributed by atoms with Gasteiger partial charge in [0.15, 0.2) is 0 Å². The zero-order chi connectivity index (χ0) is 54.6. The first kappa shape index (κ1) is 47.5. The van der Waals surface area contributed by atoms with Crippen LogP contribution >= 0.6 is 11.3 Å². The molecule has 1 atom stereocenters. The molecular formula is C80H52N2S. The van der Waals surface area contributed by atoms with Crippen LogP contribution in [0.2, 0.25) is 0 Å². The van der Waals surface area contributed by atoms with Crippen LogP contribution in [0.1, 0.15) is 44.5 Å². The van der Waals surface area contributed by atoms with Gasteiger partial charge in [0.2, 0.25) is 0 Å². The van der Waals surface area contributed by atoms with Crippen LogP contribution in [0, 0.1) is 0 Å². The lowest BCUT2D eigenvalue weighted by molar-refractivity contribution is 0.754. The van der Waals surface area contributed by atoms with Crippen molar-refractivity contribution in [3.8, 4) is 44.5 Å². The first-order valence-corrected chi connectivity index (χ1v) is 29.6. The average molecular weight is 1070 g/mol. The van der Waals surface area contributed by atoms with E-state index < -0.39 is 10.8 Å². The minimum atomic E-state index is -0.602. The smallest absolute Gasteiger partial charge is 0.0754 e. The van der Waals surface area contributed by atoms with Crippen LogP contribution < -0.4 is 9.80 Å². The van der Waals surface area contributed by atoms with Gasteiger partial charge in [-0.15, -0.1) is 11.3 Å². The number of thiophene rings is 1. The summed E-state index contributed by atoms with van der Waals surface area (Å²) in [5.74, 6) is 0. The van der Waals surface area contributed by atoms with Gasteiger partial charge >= 0.3 is 0 Å². The second-order valence-corrected chi connectivity index (χ2v) is 23.3. The summed E-state index contributed by atoms with van der Waals surface area (Å²) < 4.78 is 2.54. The molecule has 2 aliphatic carbocycles. The molecule has 0 spiro atoms. The fourth-order valence-electron chi connectivity index (χ4n) is 14.8. The van der Waals surface area contributed by atoms with E-state index in [1.807, 2.05) is 11.3 Å². The average Bonchev–Trinajstić information content (AvgIpc) is 4.40. The Morgan fingerprint density at radius 3 is 1.55 bits per heavy atom. The van der Waals surface area contributed by atoms with Crippen LogP contribution in [0.3, 0.4) is 0 Å². The van der Waals surface area contributed by atoms with Gasteiger partial charge in [-0.1, -0.05) is 237 Å². The molecule has 14 aromatic rings. The largest absolute Gasteiger partial charge is 0.310 e. The predicted molar refractivity (Wildman–Crippen MR) is 348 cm³/mol. The van der Waals surface area contributed by atoms with Crippen molar-refractivity contribution in [1.82, 2.24) is 0 Å². The Morgan fingerprint density at radius 2 is 0.819 bits per heavy atom. The molecule has 3 heteroatoms. The Labute approximate surface area is 487 Å². The molecule has 0 amide bonds. The van der Waals surface area contributed by atoms with E-state index in [0.29, 0.717) is 0 Å². The van der Waals surface area contributed by atoms with Crippen LogP contribution in [0.25, 0.3) is 64.7 Å². The monoisotopic (exact) mass is 1070 g/mol. The zero-order valence-electron chi connectivity index (χ0n) is 45.3. The van der Waals surface area contributed by atoms with Gasteiger partial charge in [-0.3, -0.25) is 0 Å². The van der Waals surface area contributed by atoms with E-state index in [-0.39, 0.29) is 0 Å². The highest BCUT2D eigenvalue weighted by Crippen LogP contribution is 2.66. The van der Waals surface area contributed by atoms with Gasteiger partial charge in [0.05, 0.1) is 27.9 Å². The molecule has 0 radical (unpaired) electrons. The third-order valence-electron chi connectivity index (χ3n) is 18.1. The number of benzene rings is 13. The molecule has 388 valence electrons. The van der Waals surface area contributed by atoms with Crippen molar-refractivity contribution >= 4 is 65.6 Å². The lowest BCUT2D eigenvalue weighted by Gasteiger charge is -2.44. The standard InChI is InChI=1S/C80H52N2S/c1-6-24-53(25-7-1)65-51-67-63-36-22-41-74-78(63)80(57-30-12-4-13-31-57,69-38-19-20-39-72(69)82(74)58-32-14-5-15-33-58)71(67)52-66(65)54-44-46-59(47-45-54)81(73-40-23-43-76-77(73)64-35-17-21-42-75(64)83-76)60-48-49-62-61-34-16-18-37-68(61)79(70(62)50-60,55-26-8-2-9-27-55)56-28-10-3-11-29-56/h1-52H. The molecule has 0 saturated heterocycles. The number of fused-ring (bicyclic) bond motifs is 11. The van der Waals surface area contributed by atoms with Gasteiger partial charge < -0.3 is 9.80 Å². The maximum atomic E-state index is 2.55. The number of hydrogen-bond donors (Lipinski definition) is 0. The predicted octanol–water partition coefficient (Wildman–Crippen LogP) is 21.4. The Bertz CT molecular complexity index is 4800. The van der Waals surface area contributed by atoms with Gasteiger partial charge in [-0.05, 0) is 162 Å². The Morgan fingerprint density at radius 1 is 0.301 bits per heavy atom. The second-order valence-electron chi connectivity index (χ2n) is 22.2. The molecule has 2 nitrogen and oxygen atoms in total. The van der Waals surface area contributed by atoms with Crippen LogP contribution in [0.5, 0.6) is 0 Å². The first-order valence-electron chi connectivity index (χ1n) is 28.7. The maximum Gasteiger partial charge on any atom is 0.0754 e. The van der Waals surface area contributed by atoms with E-state index in [2.05, 4.69) is 325 Å². The van der Waals surface area contributed by atoms with Crippen molar-refractivity contribution in [2.75, 3.05) is 9.80 Å². The summed E-state index contributed by atoms with van der Waals surface area (Å²) in [5, 5.41) is 2.52. The topological polar surface area (TPSA) is 6.48 Å². The summed E-state index contributed by atoms with van der Waals surface area (Å²) in [4.78, 5) is 5.00. The molecule has 0 saturated carbocycles. The number of anilines is 6. The normalized spacial score (nSPS) is 14.9. The van der Waals surface area contributed by atoms with Crippen molar-refractivity contribution in [1.29, 1.82) is 0 Å². The molecule has 0 N–H and O–H groups in total. The third kappa shape index (κ3) is 6.83. The van der Waals surface area contributed by atoms with E-state index in [4.69, 9.17) is 0 Å². The Kier molecular flexibility index (Phi) is 10.7. The summed E-state index contributed by atoms with van der Waals surface area (Å²) in [5.41, 5.74) is 25.7. The Hall–Kier alpha value is -10.3. The SMILES string of the molecule is c1ccc(-c2cc3c(cc2-c2ccc(N(c4ccc5c(c4)C(c4ccccc4)(c4ccccc4)c4ccccc4-5)c4cccc5sc6ccccc6c45)cc2)C2(c4ccccc4)c4ccccc4N(c4ccccc4)c4cccc-3c42)cc1. The van der Waals surface area contributed by atoms with Crippen molar-refractivity contribution in [3.63, 3.8) is 0 Å². The highest BCUT2D eigenvalue weighted by Gasteiger charge is 2.53. The maximum absolute atomic E-state index is 2.55. The zero-order valence-corrected chi connectivity index (χ0v) is 46.1. The highest BCUT2D eigenvalue weighted by atomic mass is 32.1. The summed E-state index contributed by atoms with van der Waals surface area (Å²) >= 11 is 1.86. The van der Waals surface area contributed by atoms with E-state index in [9.17, 15) is 0 Å². The van der Waals surface area contributed by atoms with E-state index >= 15 is 0 Å². The lowest BCUT2D eigenvalue weighted by Crippen LogP contribution is -2.35. The van der Waals surface area contributed by atoms with Crippen molar-refractivity contribution in [2.45, 2.75) is 10.8 Å². The van der Waals surface area contributed by atoms with Gasteiger partial charge in [-0.25, -0.2) is 0 Å². The number of rotatable bonds is 9. The van der Waals surface area contributed by atoms with Gasteiger partial charge in [0.25, 0.3) is 0 Å². The van der Waals surface area contributed by atoms with Crippen LogP contribution in [0.4, 0.5) is 34.1 Å². The van der Waals surface area contributed by atoms with Crippen LogP contribution in [0.15, 0.2) is 315 Å². The molecule has 13 aromatic carbocycles. The quantitative estimate of drug-likeness (QED) is 0.142. The molecule has 1 aromatic heterocycles. The van der Waals surface area contributed by atoms with E-state index in [1.165, 1.54) is 115 Å². The summed E-state index contributed by atoms with van der Waals surface area (Å²) in [6, 6.07) is 118. The number of para-hydroxylation sites is 2. The summed E-state index contributed by atoms with van der Waals surface area (Å²) in [6.07, 6.45) is 0. The number of nitrogens with zero attached hydrogens (tertiary/aromatic N) is 2. The number of hydrogen-bond acceptors (Lipinski definition) is 3. The van der Waals surface area contributed by atoms with Gasteiger partial charge in [0.1, 0.15) is 0 Å². The fourth-order valence-corrected chi connectivity index (χ4v) is 16.0. The summed E-state index contributed by atoms with van der Waals surface area (Å²) in [6.45, 7) is 0. The van der Waals surface area contributed by atoms with Crippen molar-refractivity contribution in [3.05, 3.63) is 360 Å². The lowest BCUT2D eigenvalue weighted by atomic mass is 9.64. The van der Waals surface area contributed by atoms with Gasteiger partial charge in [-0.2, -0.15) is 0 Å². The molecule has 1 unspecified atom stereocenters. The molecule has 0 fully saturated rings. The molecule has 3 aliphatic rings. The molecule has 1 aliphatic heterocycles. The van der Waals surface area contributed by atoms with Gasteiger partial charge in [0, 0.05) is 42.8 Å². The summed E-state index contributed by atoms with van der Waals surface area (Å²) in [7, 11) is 0. The van der Waals surface area contributed by atoms with Crippen molar-refractivity contribution in [2.24, 2.45) is 0 Å². The molecule has 17 rings (SSSR count). The first-order chi connectivity index (χ1) is 41.2. The molecule has 83 heavy (non-hydrogen) atoms. The minimum absolute atomic E-state index is 0.557. The second kappa shape index (κ2) is 18.6. The third-order valence-corrected chi connectivity index (χ3v) is 19.3. The fraction of sp³-hybridized carbons (Fsp3) is 0.0250. The van der Waals surface area contributed by atoms with E-state index in [0.717, 1.165) is 28.3 Å². The Balaban J connectivity index is 0.899. The molecular weight excluding hydrogens is 1020 g/mol. The highest BCUT2D eigenvalue weighted by molar-refractivity contribution is 7.26. The van der Waals surface area contributed by atoms with E-state index in [1.54, 1.807) is 0 Å². The van der Waals surface area contributed by atoms with Crippen LogP contribution in [-0.4, -0.2) is 0 Å². The van der Waals surface area contributed by atoms with Crippen LogP contribution in [-0.2, 0) is 10.8 Å².